The molecule has 1 saturated heterocycles. The van der Waals surface area contributed by atoms with Crippen LogP contribution >= 0.6 is 35.6 Å². The monoisotopic (exact) mass is 564 g/mol. The van der Waals surface area contributed by atoms with E-state index in [0.29, 0.717) is 35.8 Å². The van der Waals surface area contributed by atoms with E-state index in [2.05, 4.69) is 0 Å². The number of halogens is 9. The van der Waals surface area contributed by atoms with Gasteiger partial charge >= 0.3 is 12.4 Å². The molecule has 194 valence electrons. The normalized spacial score (nSPS) is 17.3. The summed E-state index contributed by atoms with van der Waals surface area (Å²) >= 11 is 12.0. The second-order valence-corrected chi connectivity index (χ2v) is 8.74. The van der Waals surface area contributed by atoms with Crippen LogP contribution in [0.3, 0.4) is 0 Å². The van der Waals surface area contributed by atoms with Gasteiger partial charge in [0.2, 0.25) is 0 Å². The Balaban J connectivity index is 0.00000432. The summed E-state index contributed by atoms with van der Waals surface area (Å²) in [5, 5.41) is 9.84. The first kappa shape index (κ1) is 29.5. The van der Waals surface area contributed by atoms with Gasteiger partial charge in [0.15, 0.2) is 0 Å². The summed E-state index contributed by atoms with van der Waals surface area (Å²) in [5.74, 6) is -0.940. The molecule has 2 aromatic rings. The average Bonchev–Trinajstić information content (AvgIpc) is 2.75. The van der Waals surface area contributed by atoms with Gasteiger partial charge in [0.1, 0.15) is 0 Å². The van der Waals surface area contributed by atoms with Crippen LogP contribution in [-0.4, -0.2) is 59.6 Å². The standard InChI is InChI=1S/C22H20Cl2F6N2O2.ClH/c23-18-2-1-13(8-19(18)24)7-17-12-31(5-6-33)3-4-32(17)20(34)14-9-15(21(25,26)27)11-16(10-14)22(28,29)30;/h1-2,8-11,17,33H,3-7,12H2;1H/t17-;/m1./s1. The van der Waals surface area contributed by atoms with Crippen molar-refractivity contribution in [2.45, 2.75) is 24.8 Å². The van der Waals surface area contributed by atoms with Crippen molar-refractivity contribution >= 4 is 41.5 Å². The number of hydrogen-bond donors (Lipinski definition) is 1. The van der Waals surface area contributed by atoms with Gasteiger partial charge < -0.3 is 10.0 Å². The van der Waals surface area contributed by atoms with Crippen molar-refractivity contribution < 1.29 is 36.2 Å². The SMILES string of the molecule is Cl.O=C(c1cc(C(F)(F)F)cc(C(F)(F)F)c1)N1CCN(CCO)C[C@H]1Cc1ccc(Cl)c(Cl)c1. The topological polar surface area (TPSA) is 43.8 Å². The molecule has 4 nitrogen and oxygen atoms in total. The summed E-state index contributed by atoms with van der Waals surface area (Å²) in [6.45, 7) is 0.785. The Bertz CT molecular complexity index is 1020. The zero-order valence-electron chi connectivity index (χ0n) is 18.0. The highest BCUT2D eigenvalue weighted by molar-refractivity contribution is 6.42. The summed E-state index contributed by atoms with van der Waals surface area (Å²) in [7, 11) is 0. The number of amides is 1. The summed E-state index contributed by atoms with van der Waals surface area (Å²) in [6.07, 6.45) is -9.89. The Morgan fingerprint density at radius 2 is 1.54 bits per heavy atom. The highest BCUT2D eigenvalue weighted by Gasteiger charge is 2.39. The van der Waals surface area contributed by atoms with Crippen LogP contribution in [0.5, 0.6) is 0 Å². The fraction of sp³-hybridized carbons (Fsp3) is 0.409. The van der Waals surface area contributed by atoms with Gasteiger partial charge in [-0.1, -0.05) is 29.3 Å². The minimum absolute atomic E-state index is 0. The van der Waals surface area contributed by atoms with Gasteiger partial charge in [0.05, 0.1) is 27.8 Å². The molecule has 1 aliphatic heterocycles. The van der Waals surface area contributed by atoms with Crippen LogP contribution in [0.4, 0.5) is 26.3 Å². The van der Waals surface area contributed by atoms with Gasteiger partial charge in [-0.25, -0.2) is 0 Å². The zero-order valence-corrected chi connectivity index (χ0v) is 20.3. The lowest BCUT2D eigenvalue weighted by Crippen LogP contribution is -2.56. The van der Waals surface area contributed by atoms with Crippen molar-refractivity contribution in [3.8, 4) is 0 Å². The first-order valence-electron chi connectivity index (χ1n) is 10.2. The van der Waals surface area contributed by atoms with E-state index in [1.165, 1.54) is 4.90 Å². The number of nitrogens with zero attached hydrogens (tertiary/aromatic N) is 2. The summed E-state index contributed by atoms with van der Waals surface area (Å²) < 4.78 is 79.6. The molecule has 1 atom stereocenters. The molecule has 1 aliphatic rings. The highest BCUT2D eigenvalue weighted by Crippen LogP contribution is 2.37. The first-order chi connectivity index (χ1) is 15.8. The molecule has 0 aromatic heterocycles. The molecule has 0 saturated carbocycles. The van der Waals surface area contributed by atoms with Gasteiger partial charge in [0.25, 0.3) is 5.91 Å². The molecule has 1 N–H and O–H groups in total. The second-order valence-electron chi connectivity index (χ2n) is 7.92. The Kier molecular flexibility index (Phi) is 9.74. The smallest absolute Gasteiger partial charge is 0.395 e. The molecule has 13 heteroatoms. The van der Waals surface area contributed by atoms with Crippen molar-refractivity contribution in [2.75, 3.05) is 32.8 Å². The molecule has 3 rings (SSSR count). The maximum Gasteiger partial charge on any atom is 0.416 e. The molecule has 0 bridgehead atoms. The van der Waals surface area contributed by atoms with E-state index in [1.807, 2.05) is 4.90 Å². The third-order valence-electron chi connectivity index (χ3n) is 5.53. The van der Waals surface area contributed by atoms with E-state index in [9.17, 15) is 36.2 Å². The molecule has 35 heavy (non-hydrogen) atoms. The van der Waals surface area contributed by atoms with E-state index in [-0.39, 0.29) is 49.6 Å². The van der Waals surface area contributed by atoms with Gasteiger partial charge in [-0.3, -0.25) is 9.69 Å². The van der Waals surface area contributed by atoms with Gasteiger partial charge in [-0.05, 0) is 42.3 Å². The lowest BCUT2D eigenvalue weighted by Gasteiger charge is -2.41. The van der Waals surface area contributed by atoms with E-state index >= 15 is 0 Å². The van der Waals surface area contributed by atoms with Crippen LogP contribution < -0.4 is 0 Å². The van der Waals surface area contributed by atoms with Crippen LogP contribution in [0.25, 0.3) is 0 Å². The lowest BCUT2D eigenvalue weighted by atomic mass is 9.99. The Labute approximate surface area is 213 Å². The summed E-state index contributed by atoms with van der Waals surface area (Å²) in [6, 6.07) is 5.10. The predicted octanol–water partition coefficient (Wildman–Crippen LogP) is 5.81. The molecular formula is C22H21Cl3F6N2O2. The van der Waals surface area contributed by atoms with Crippen molar-refractivity contribution in [3.05, 3.63) is 68.7 Å². The molecule has 0 spiro atoms. The van der Waals surface area contributed by atoms with E-state index in [4.69, 9.17) is 23.2 Å². The van der Waals surface area contributed by atoms with Crippen LogP contribution in [-0.2, 0) is 18.8 Å². The third-order valence-corrected chi connectivity index (χ3v) is 6.27. The van der Waals surface area contributed by atoms with Gasteiger partial charge in [0, 0.05) is 37.8 Å². The summed E-state index contributed by atoms with van der Waals surface area (Å²) in [5.41, 5.74) is -3.11. The number of alkyl halides is 6. The van der Waals surface area contributed by atoms with Crippen LogP contribution in [0.1, 0.15) is 27.0 Å². The van der Waals surface area contributed by atoms with E-state index in [0.717, 1.165) is 0 Å². The van der Waals surface area contributed by atoms with Crippen LogP contribution in [0.2, 0.25) is 10.0 Å². The first-order valence-corrected chi connectivity index (χ1v) is 10.9. The number of piperazine rings is 1. The van der Waals surface area contributed by atoms with Crippen molar-refractivity contribution in [3.63, 3.8) is 0 Å². The number of β-amino-alcohol motifs (C(OH)–C–C–N with tert-alkyl or cyclic N) is 1. The molecule has 0 unspecified atom stereocenters. The number of aliphatic hydroxyl groups is 1. The molecule has 1 fully saturated rings. The van der Waals surface area contributed by atoms with Crippen molar-refractivity contribution in [1.29, 1.82) is 0 Å². The zero-order chi connectivity index (χ0) is 25.3. The quantitative estimate of drug-likeness (QED) is 0.465. The van der Waals surface area contributed by atoms with Gasteiger partial charge in [-0.2, -0.15) is 26.3 Å². The fourth-order valence-electron chi connectivity index (χ4n) is 3.89. The Hall–Kier alpha value is -1.72. The molecule has 0 aliphatic carbocycles. The molecular weight excluding hydrogens is 545 g/mol. The average molecular weight is 566 g/mol. The van der Waals surface area contributed by atoms with Gasteiger partial charge in [-0.15, -0.1) is 12.4 Å². The fourth-order valence-corrected chi connectivity index (χ4v) is 4.21. The maximum absolute atomic E-state index is 13.3. The predicted molar refractivity (Wildman–Crippen MR) is 122 cm³/mol. The van der Waals surface area contributed by atoms with Crippen LogP contribution in [0.15, 0.2) is 36.4 Å². The van der Waals surface area contributed by atoms with E-state index < -0.39 is 41.0 Å². The largest absolute Gasteiger partial charge is 0.416 e. The number of hydrogen-bond acceptors (Lipinski definition) is 3. The van der Waals surface area contributed by atoms with Crippen LogP contribution in [0, 0.1) is 0 Å². The van der Waals surface area contributed by atoms with E-state index in [1.54, 1.807) is 18.2 Å². The third kappa shape index (κ3) is 7.39. The number of rotatable bonds is 5. The molecule has 0 radical (unpaired) electrons. The molecule has 1 amide bonds. The minimum Gasteiger partial charge on any atom is -0.395 e. The number of aliphatic hydroxyl groups excluding tert-OH is 1. The van der Waals surface area contributed by atoms with Crippen molar-refractivity contribution in [2.24, 2.45) is 0 Å². The number of carbonyl (C=O) groups is 1. The Morgan fingerprint density at radius 3 is 2.06 bits per heavy atom. The Morgan fingerprint density at radius 1 is 0.943 bits per heavy atom. The second kappa shape index (κ2) is 11.6. The number of benzene rings is 2. The molecule has 1 heterocycles. The minimum atomic E-state index is -5.06. The maximum atomic E-state index is 13.3. The molecule has 2 aromatic carbocycles. The highest BCUT2D eigenvalue weighted by atomic mass is 35.5. The summed E-state index contributed by atoms with van der Waals surface area (Å²) in [4.78, 5) is 16.4. The number of carbonyl (C=O) groups excluding carboxylic acids is 1. The lowest BCUT2D eigenvalue weighted by molar-refractivity contribution is -0.143. The van der Waals surface area contributed by atoms with Crippen molar-refractivity contribution in [1.82, 2.24) is 9.80 Å².